The summed E-state index contributed by atoms with van der Waals surface area (Å²) in [6.07, 6.45) is 3.35. The molecule has 0 aliphatic rings. The van der Waals surface area contributed by atoms with Crippen LogP contribution in [-0.4, -0.2) is 26.0 Å². The van der Waals surface area contributed by atoms with E-state index in [4.69, 9.17) is 5.11 Å². The Bertz CT molecular complexity index is 826. The van der Waals surface area contributed by atoms with Crippen molar-refractivity contribution in [2.45, 2.75) is 6.92 Å². The SMILES string of the molecule is Cc1cncc(-c2nc3cc(C(=O)O)c(F)cc3[nH]2)c1. The van der Waals surface area contributed by atoms with E-state index in [0.717, 1.165) is 17.2 Å². The third-order valence-electron chi connectivity index (χ3n) is 2.95. The lowest BCUT2D eigenvalue weighted by Crippen LogP contribution is -1.99. The lowest BCUT2D eigenvalue weighted by molar-refractivity contribution is 0.0692. The number of benzene rings is 1. The Balaban J connectivity index is 2.18. The maximum Gasteiger partial charge on any atom is 0.338 e. The van der Waals surface area contributed by atoms with Gasteiger partial charge in [0.1, 0.15) is 11.6 Å². The van der Waals surface area contributed by atoms with E-state index in [1.165, 1.54) is 6.07 Å². The zero-order valence-electron chi connectivity index (χ0n) is 10.5. The molecule has 100 valence electrons. The molecule has 0 aliphatic heterocycles. The number of aryl methyl sites for hydroxylation is 1. The maximum absolute atomic E-state index is 13.6. The van der Waals surface area contributed by atoms with Gasteiger partial charge in [0.15, 0.2) is 0 Å². The summed E-state index contributed by atoms with van der Waals surface area (Å²) < 4.78 is 13.6. The van der Waals surface area contributed by atoms with Gasteiger partial charge in [0.2, 0.25) is 0 Å². The normalized spacial score (nSPS) is 10.9. The second-order valence-electron chi connectivity index (χ2n) is 4.49. The highest BCUT2D eigenvalue weighted by Gasteiger charge is 2.14. The molecule has 3 aromatic rings. The van der Waals surface area contributed by atoms with Crippen molar-refractivity contribution < 1.29 is 14.3 Å². The first-order valence-electron chi connectivity index (χ1n) is 5.89. The Morgan fingerprint density at radius 1 is 1.30 bits per heavy atom. The molecule has 2 N–H and O–H groups in total. The number of nitrogens with one attached hydrogen (secondary N) is 1. The van der Waals surface area contributed by atoms with E-state index in [-0.39, 0.29) is 0 Å². The average Bonchev–Trinajstić information content (AvgIpc) is 2.80. The highest BCUT2D eigenvalue weighted by molar-refractivity contribution is 5.93. The first-order valence-corrected chi connectivity index (χ1v) is 5.89. The van der Waals surface area contributed by atoms with Crippen LogP contribution in [-0.2, 0) is 0 Å². The Morgan fingerprint density at radius 2 is 2.10 bits per heavy atom. The molecule has 0 aliphatic carbocycles. The Labute approximate surface area is 113 Å². The van der Waals surface area contributed by atoms with Crippen molar-refractivity contribution in [2.75, 3.05) is 0 Å². The Morgan fingerprint density at radius 3 is 2.80 bits per heavy atom. The third kappa shape index (κ3) is 2.01. The molecular weight excluding hydrogens is 261 g/mol. The number of aromatic nitrogens is 3. The molecular formula is C14H10FN3O2. The fraction of sp³-hybridized carbons (Fsp3) is 0.0714. The summed E-state index contributed by atoms with van der Waals surface area (Å²) in [5.41, 5.74) is 2.20. The van der Waals surface area contributed by atoms with Gasteiger partial charge in [-0.15, -0.1) is 0 Å². The van der Waals surface area contributed by atoms with Gasteiger partial charge in [0.05, 0.1) is 16.6 Å². The van der Waals surface area contributed by atoms with Gasteiger partial charge in [-0.1, -0.05) is 0 Å². The topological polar surface area (TPSA) is 78.9 Å². The van der Waals surface area contributed by atoms with Crippen LogP contribution in [0.25, 0.3) is 22.4 Å². The predicted molar refractivity (Wildman–Crippen MR) is 71.0 cm³/mol. The van der Waals surface area contributed by atoms with Crippen LogP contribution in [0.4, 0.5) is 4.39 Å². The van der Waals surface area contributed by atoms with Gasteiger partial charge < -0.3 is 10.1 Å². The van der Waals surface area contributed by atoms with E-state index >= 15 is 0 Å². The number of H-pyrrole nitrogens is 1. The van der Waals surface area contributed by atoms with Crippen molar-refractivity contribution in [3.63, 3.8) is 0 Å². The predicted octanol–water partition coefficient (Wildman–Crippen LogP) is 2.77. The summed E-state index contributed by atoms with van der Waals surface area (Å²) in [7, 11) is 0. The molecule has 5 nitrogen and oxygen atoms in total. The van der Waals surface area contributed by atoms with E-state index in [0.29, 0.717) is 16.9 Å². The standard InChI is InChI=1S/C14H10FN3O2/c1-7-2-8(6-16-5-7)13-17-11-3-9(14(19)20)10(15)4-12(11)18-13/h2-6H,1H3,(H,17,18)(H,19,20). The number of aromatic amines is 1. The van der Waals surface area contributed by atoms with Crippen molar-refractivity contribution >= 4 is 17.0 Å². The minimum atomic E-state index is -1.31. The van der Waals surface area contributed by atoms with Gasteiger partial charge in [-0.2, -0.15) is 0 Å². The number of aromatic carboxylic acids is 1. The highest BCUT2D eigenvalue weighted by atomic mass is 19.1. The molecule has 2 aromatic heterocycles. The number of hydrogen-bond acceptors (Lipinski definition) is 3. The van der Waals surface area contributed by atoms with Crippen molar-refractivity contribution in [2.24, 2.45) is 0 Å². The number of rotatable bonds is 2. The summed E-state index contributed by atoms with van der Waals surface area (Å²) in [5, 5.41) is 8.90. The maximum atomic E-state index is 13.6. The molecule has 20 heavy (non-hydrogen) atoms. The van der Waals surface area contributed by atoms with E-state index in [2.05, 4.69) is 15.0 Å². The largest absolute Gasteiger partial charge is 0.478 e. The van der Waals surface area contributed by atoms with Crippen molar-refractivity contribution in [1.82, 2.24) is 15.0 Å². The molecule has 0 bridgehead atoms. The van der Waals surface area contributed by atoms with Crippen LogP contribution in [0.3, 0.4) is 0 Å². The van der Waals surface area contributed by atoms with Gasteiger partial charge in [-0.05, 0) is 24.6 Å². The lowest BCUT2D eigenvalue weighted by Gasteiger charge is -1.96. The smallest absolute Gasteiger partial charge is 0.338 e. The lowest BCUT2D eigenvalue weighted by atomic mass is 10.2. The van der Waals surface area contributed by atoms with E-state index in [1.807, 2.05) is 13.0 Å². The number of hydrogen-bond donors (Lipinski definition) is 2. The van der Waals surface area contributed by atoms with Crippen molar-refractivity contribution in [3.8, 4) is 11.4 Å². The van der Waals surface area contributed by atoms with Crippen LogP contribution in [0, 0.1) is 12.7 Å². The molecule has 0 radical (unpaired) electrons. The molecule has 6 heteroatoms. The molecule has 0 fully saturated rings. The summed E-state index contributed by atoms with van der Waals surface area (Å²) in [4.78, 5) is 22.2. The van der Waals surface area contributed by atoms with Crippen LogP contribution in [0.1, 0.15) is 15.9 Å². The van der Waals surface area contributed by atoms with Gasteiger partial charge >= 0.3 is 5.97 Å². The number of nitrogens with zero attached hydrogens (tertiary/aromatic N) is 2. The molecule has 0 saturated carbocycles. The second-order valence-corrected chi connectivity index (χ2v) is 4.49. The zero-order valence-corrected chi connectivity index (χ0v) is 10.5. The number of imidazole rings is 1. The van der Waals surface area contributed by atoms with Gasteiger partial charge in [-0.3, -0.25) is 4.98 Å². The number of carboxylic acid groups (broad SMARTS) is 1. The van der Waals surface area contributed by atoms with Crippen molar-refractivity contribution in [1.29, 1.82) is 0 Å². The van der Waals surface area contributed by atoms with Crippen LogP contribution >= 0.6 is 0 Å². The number of fused-ring (bicyclic) bond motifs is 1. The third-order valence-corrected chi connectivity index (χ3v) is 2.95. The fourth-order valence-electron chi connectivity index (χ4n) is 2.02. The molecule has 0 saturated heterocycles. The zero-order chi connectivity index (χ0) is 14.3. The summed E-state index contributed by atoms with van der Waals surface area (Å²) >= 11 is 0. The highest BCUT2D eigenvalue weighted by Crippen LogP contribution is 2.23. The van der Waals surface area contributed by atoms with Crippen LogP contribution in [0.15, 0.2) is 30.6 Å². The molecule has 0 amide bonds. The number of pyridine rings is 1. The van der Waals surface area contributed by atoms with Gasteiger partial charge in [0, 0.05) is 24.0 Å². The molecule has 0 unspecified atom stereocenters. The number of carboxylic acids is 1. The van der Waals surface area contributed by atoms with Crippen LogP contribution in [0.2, 0.25) is 0 Å². The van der Waals surface area contributed by atoms with E-state index in [9.17, 15) is 9.18 Å². The van der Waals surface area contributed by atoms with Crippen LogP contribution < -0.4 is 0 Å². The quantitative estimate of drug-likeness (QED) is 0.751. The average molecular weight is 271 g/mol. The summed E-state index contributed by atoms with van der Waals surface area (Å²) in [6.45, 7) is 1.90. The monoisotopic (exact) mass is 271 g/mol. The van der Waals surface area contributed by atoms with Crippen LogP contribution in [0.5, 0.6) is 0 Å². The molecule has 0 spiro atoms. The Hall–Kier alpha value is -2.76. The number of carbonyl (C=O) groups is 1. The fourth-order valence-corrected chi connectivity index (χ4v) is 2.02. The molecule has 0 atom stereocenters. The molecule has 2 heterocycles. The minimum Gasteiger partial charge on any atom is -0.478 e. The first-order chi connectivity index (χ1) is 9.54. The number of halogens is 1. The van der Waals surface area contributed by atoms with Gasteiger partial charge in [0.25, 0.3) is 0 Å². The summed E-state index contributed by atoms with van der Waals surface area (Å²) in [6, 6.07) is 4.24. The second kappa shape index (κ2) is 4.41. The summed E-state index contributed by atoms with van der Waals surface area (Å²) in [5.74, 6) is -1.58. The molecule has 1 aromatic carbocycles. The molecule has 3 rings (SSSR count). The van der Waals surface area contributed by atoms with Crippen molar-refractivity contribution in [3.05, 3.63) is 47.5 Å². The van der Waals surface area contributed by atoms with Gasteiger partial charge in [-0.25, -0.2) is 14.2 Å². The minimum absolute atomic E-state index is 0.391. The van der Waals surface area contributed by atoms with E-state index in [1.54, 1.807) is 12.4 Å². The first kappa shape index (κ1) is 12.3. The van der Waals surface area contributed by atoms with E-state index < -0.39 is 17.3 Å². The Kier molecular flexibility index (Phi) is 2.71.